The molecule has 0 aromatic heterocycles. The first-order valence-corrected chi connectivity index (χ1v) is 11.2. The molecule has 2 aliphatic heterocycles. The van der Waals surface area contributed by atoms with E-state index in [1.54, 1.807) is 4.90 Å². The topological polar surface area (TPSA) is 51.1 Å². The highest BCUT2D eigenvalue weighted by molar-refractivity contribution is 6.84. The predicted molar refractivity (Wildman–Crippen MR) is 89.4 cm³/mol. The molecule has 1 spiro atoms. The van der Waals surface area contributed by atoms with E-state index in [2.05, 4.69) is 36.3 Å². The summed E-state index contributed by atoms with van der Waals surface area (Å²) in [5.41, 5.74) is 3.23. The van der Waals surface area contributed by atoms with Crippen molar-refractivity contribution in [3.63, 3.8) is 0 Å². The largest absolute Gasteiger partial charge is 0.444 e. The zero-order valence-corrected chi connectivity index (χ0v) is 15.4. The van der Waals surface area contributed by atoms with Crippen molar-refractivity contribution in [2.45, 2.75) is 64.5 Å². The van der Waals surface area contributed by atoms with E-state index in [0.29, 0.717) is 19.5 Å². The molecule has 6 heteroatoms. The molecule has 0 aliphatic carbocycles. The van der Waals surface area contributed by atoms with Crippen LogP contribution in [0.2, 0.25) is 19.6 Å². The molecule has 2 heterocycles. The highest BCUT2D eigenvalue weighted by atomic mass is 28.3. The number of likely N-dealkylation sites (tertiary alicyclic amines) is 1. The lowest BCUT2D eigenvalue weighted by molar-refractivity contribution is -0.0159. The molecule has 1 saturated heterocycles. The van der Waals surface area contributed by atoms with Crippen LogP contribution in [0.15, 0.2) is 5.16 Å². The Morgan fingerprint density at radius 3 is 2.68 bits per heavy atom. The maximum atomic E-state index is 12.1. The van der Waals surface area contributed by atoms with Crippen LogP contribution in [0, 0.1) is 11.5 Å². The summed E-state index contributed by atoms with van der Waals surface area (Å²) in [5, 5.41) is 4.13. The van der Waals surface area contributed by atoms with Gasteiger partial charge in [0.25, 0.3) is 0 Å². The summed E-state index contributed by atoms with van der Waals surface area (Å²) in [4.78, 5) is 19.5. The van der Waals surface area contributed by atoms with E-state index in [4.69, 9.17) is 9.57 Å². The Hall–Kier alpha value is -1.48. The second-order valence-electron chi connectivity index (χ2n) is 8.14. The van der Waals surface area contributed by atoms with Crippen molar-refractivity contribution in [1.29, 1.82) is 0 Å². The Labute approximate surface area is 134 Å². The zero-order chi connectivity index (χ0) is 16.6. The molecule has 0 radical (unpaired) electrons. The van der Waals surface area contributed by atoms with Crippen molar-refractivity contribution in [2.75, 3.05) is 13.1 Å². The van der Waals surface area contributed by atoms with Crippen molar-refractivity contribution in [2.24, 2.45) is 5.16 Å². The number of amides is 1. The van der Waals surface area contributed by atoms with Gasteiger partial charge in [0.1, 0.15) is 19.4 Å². The third-order valence-corrected chi connectivity index (χ3v) is 4.26. The lowest BCUT2D eigenvalue weighted by Gasteiger charge is -2.25. The van der Waals surface area contributed by atoms with Crippen molar-refractivity contribution < 1.29 is 14.4 Å². The summed E-state index contributed by atoms with van der Waals surface area (Å²) < 4.78 is 5.42. The van der Waals surface area contributed by atoms with Crippen molar-refractivity contribution in [3.05, 3.63) is 0 Å². The van der Waals surface area contributed by atoms with Gasteiger partial charge >= 0.3 is 6.09 Å². The van der Waals surface area contributed by atoms with Crippen LogP contribution in [-0.2, 0) is 9.57 Å². The smallest absolute Gasteiger partial charge is 0.410 e. The molecule has 1 atom stereocenters. The van der Waals surface area contributed by atoms with Gasteiger partial charge in [-0.05, 0) is 20.8 Å². The van der Waals surface area contributed by atoms with Gasteiger partial charge in [-0.25, -0.2) is 4.79 Å². The molecule has 2 aliphatic rings. The van der Waals surface area contributed by atoms with E-state index in [9.17, 15) is 4.79 Å². The van der Waals surface area contributed by atoms with Crippen molar-refractivity contribution in [1.82, 2.24) is 4.90 Å². The SMILES string of the molecule is CC(C)(C)OC(=O)N1CCC2(CC(C#C[Si](C)(C)C)=NO2)C1. The average Bonchev–Trinajstić information content (AvgIpc) is 2.92. The van der Waals surface area contributed by atoms with Crippen LogP contribution in [-0.4, -0.2) is 49.1 Å². The summed E-state index contributed by atoms with van der Waals surface area (Å²) in [7, 11) is -1.42. The fraction of sp³-hybridized carbons (Fsp3) is 0.750. The van der Waals surface area contributed by atoms with E-state index in [1.807, 2.05) is 20.8 Å². The molecular weight excluding hydrogens is 296 g/mol. The molecule has 0 N–H and O–H groups in total. The molecule has 0 aromatic carbocycles. The molecule has 1 fully saturated rings. The number of oxime groups is 1. The molecule has 1 amide bonds. The number of hydrogen-bond acceptors (Lipinski definition) is 4. The van der Waals surface area contributed by atoms with E-state index in [1.165, 1.54) is 0 Å². The predicted octanol–water partition coefficient (Wildman–Crippen LogP) is 3.02. The molecule has 0 aromatic rings. The first-order valence-electron chi connectivity index (χ1n) is 7.74. The summed E-state index contributed by atoms with van der Waals surface area (Å²) in [6.07, 6.45) is 1.17. The highest BCUT2D eigenvalue weighted by Crippen LogP contribution is 2.34. The third kappa shape index (κ3) is 4.50. The number of nitrogens with zero attached hydrogens (tertiary/aromatic N) is 2. The summed E-state index contributed by atoms with van der Waals surface area (Å²) in [6.45, 7) is 13.4. The molecule has 5 nitrogen and oxygen atoms in total. The molecule has 0 saturated carbocycles. The Bertz CT molecular complexity index is 548. The number of ether oxygens (including phenoxy) is 1. The molecule has 22 heavy (non-hydrogen) atoms. The molecular formula is C16H26N2O3Si. The van der Waals surface area contributed by atoms with Gasteiger partial charge in [-0.1, -0.05) is 30.7 Å². The Balaban J connectivity index is 1.94. The number of carbonyl (C=O) groups is 1. The van der Waals surface area contributed by atoms with Gasteiger partial charge in [0.15, 0.2) is 5.60 Å². The molecule has 1 unspecified atom stereocenters. The average molecular weight is 322 g/mol. The molecule has 122 valence electrons. The van der Waals surface area contributed by atoms with Gasteiger partial charge < -0.3 is 14.5 Å². The maximum absolute atomic E-state index is 12.1. The van der Waals surface area contributed by atoms with Crippen LogP contribution in [0.25, 0.3) is 0 Å². The zero-order valence-electron chi connectivity index (χ0n) is 14.4. The normalized spacial score (nSPS) is 24.6. The number of rotatable bonds is 0. The van der Waals surface area contributed by atoms with Crippen LogP contribution in [0.1, 0.15) is 33.6 Å². The van der Waals surface area contributed by atoms with Crippen molar-refractivity contribution >= 4 is 19.9 Å². The van der Waals surface area contributed by atoms with E-state index < -0.39 is 19.3 Å². The van der Waals surface area contributed by atoms with E-state index >= 15 is 0 Å². The second kappa shape index (κ2) is 5.62. The van der Waals surface area contributed by atoms with Gasteiger partial charge in [0.2, 0.25) is 0 Å². The van der Waals surface area contributed by atoms with Crippen LogP contribution in [0.3, 0.4) is 0 Å². The number of carbonyl (C=O) groups excluding carboxylic acids is 1. The Morgan fingerprint density at radius 2 is 2.09 bits per heavy atom. The lowest BCUT2D eigenvalue weighted by atomic mass is 9.97. The summed E-state index contributed by atoms with van der Waals surface area (Å²) >= 11 is 0. The first kappa shape index (κ1) is 16.9. The fourth-order valence-electron chi connectivity index (χ4n) is 2.39. The molecule has 2 rings (SSSR count). The highest BCUT2D eigenvalue weighted by Gasteiger charge is 2.47. The quantitative estimate of drug-likeness (QED) is 0.509. The summed E-state index contributed by atoms with van der Waals surface area (Å²) in [6, 6.07) is 0. The minimum atomic E-state index is -1.42. The summed E-state index contributed by atoms with van der Waals surface area (Å²) in [5.74, 6) is 3.16. The van der Waals surface area contributed by atoms with Gasteiger partial charge in [-0.3, -0.25) is 0 Å². The minimum absolute atomic E-state index is 0.283. The van der Waals surface area contributed by atoms with Crippen LogP contribution in [0.5, 0.6) is 0 Å². The van der Waals surface area contributed by atoms with Gasteiger partial charge in [-0.15, -0.1) is 5.54 Å². The number of hydrogen-bond donors (Lipinski definition) is 0. The monoisotopic (exact) mass is 322 g/mol. The lowest BCUT2D eigenvalue weighted by Crippen LogP contribution is -2.39. The Kier molecular flexibility index (Phi) is 4.31. The first-order chi connectivity index (χ1) is 9.98. The van der Waals surface area contributed by atoms with Crippen molar-refractivity contribution in [3.8, 4) is 11.5 Å². The van der Waals surface area contributed by atoms with E-state index in [-0.39, 0.29) is 6.09 Å². The third-order valence-electron chi connectivity index (χ3n) is 3.39. The van der Waals surface area contributed by atoms with Gasteiger partial charge in [0, 0.05) is 19.4 Å². The second-order valence-corrected chi connectivity index (χ2v) is 12.9. The maximum Gasteiger partial charge on any atom is 0.410 e. The van der Waals surface area contributed by atoms with Crippen LogP contribution < -0.4 is 0 Å². The fourth-order valence-corrected chi connectivity index (χ4v) is 2.91. The standard InChI is InChI=1S/C16H26N2O3Si/c1-15(2,3)20-14(19)18-9-8-16(12-18)11-13(17-21-16)7-10-22(4,5)6/h8-9,11-12H2,1-6H3. The van der Waals surface area contributed by atoms with Gasteiger partial charge in [0.05, 0.1) is 6.54 Å². The van der Waals surface area contributed by atoms with Crippen LogP contribution in [0.4, 0.5) is 4.79 Å². The van der Waals surface area contributed by atoms with Gasteiger partial charge in [-0.2, -0.15) is 0 Å². The molecule has 0 bridgehead atoms. The van der Waals surface area contributed by atoms with E-state index in [0.717, 1.165) is 12.1 Å². The Morgan fingerprint density at radius 1 is 1.41 bits per heavy atom. The van der Waals surface area contributed by atoms with Crippen LogP contribution >= 0.6 is 0 Å². The minimum Gasteiger partial charge on any atom is -0.444 e.